The summed E-state index contributed by atoms with van der Waals surface area (Å²) in [6.07, 6.45) is 0.545. The third-order valence-corrected chi connectivity index (χ3v) is 4.32. The Bertz CT molecular complexity index is 457. The van der Waals surface area contributed by atoms with Crippen molar-refractivity contribution in [1.82, 2.24) is 0 Å². The zero-order valence-electron chi connectivity index (χ0n) is 14.4. The summed E-state index contributed by atoms with van der Waals surface area (Å²) in [6, 6.07) is 0. The van der Waals surface area contributed by atoms with Gasteiger partial charge in [-0.1, -0.05) is 0 Å². The van der Waals surface area contributed by atoms with Gasteiger partial charge >= 0.3 is 0 Å². The van der Waals surface area contributed by atoms with Crippen LogP contribution in [-0.4, -0.2) is 40.8 Å². The number of ether oxygens (including phenoxy) is 3. The molecule has 0 unspecified atom stereocenters. The summed E-state index contributed by atoms with van der Waals surface area (Å²) in [5, 5.41) is 0. The van der Waals surface area contributed by atoms with Crippen LogP contribution in [0, 0.1) is 0 Å². The highest BCUT2D eigenvalue weighted by Crippen LogP contribution is 2.72. The predicted molar refractivity (Wildman–Crippen MR) is 74.6 cm³/mol. The largest absolute Gasteiger partial charge is 0.372 e. The van der Waals surface area contributed by atoms with Crippen molar-refractivity contribution in [2.45, 2.75) is 95.0 Å². The summed E-state index contributed by atoms with van der Waals surface area (Å²) in [5.74, 6) is 0. The lowest BCUT2D eigenvalue weighted by molar-refractivity contribution is -0.194. The normalized spacial score (nSPS) is 51.6. The first-order chi connectivity index (χ1) is 9.31. The molecule has 3 nitrogen and oxygen atoms in total. The molecule has 2 saturated carbocycles. The summed E-state index contributed by atoms with van der Waals surface area (Å²) in [5.41, 5.74) is -3.90. The molecule has 0 amide bonds. The highest BCUT2D eigenvalue weighted by Gasteiger charge is 2.86. The van der Waals surface area contributed by atoms with Gasteiger partial charge in [0.1, 0.15) is 23.0 Å². The fourth-order valence-electron chi connectivity index (χ4n) is 4.07. The van der Waals surface area contributed by atoms with Gasteiger partial charge in [-0.15, -0.1) is 0 Å². The molecular formula is C16H27FO3. The molecule has 5 atom stereocenters. The molecule has 0 aromatic carbocycles. The van der Waals surface area contributed by atoms with E-state index in [2.05, 4.69) is 0 Å². The molecule has 1 heterocycles. The van der Waals surface area contributed by atoms with Gasteiger partial charge in [-0.2, -0.15) is 0 Å². The summed E-state index contributed by atoms with van der Waals surface area (Å²) in [7, 11) is 0. The fourth-order valence-corrected chi connectivity index (χ4v) is 4.07. The molecule has 116 valence electrons. The van der Waals surface area contributed by atoms with Crippen LogP contribution in [0.15, 0.2) is 0 Å². The molecular weight excluding hydrogens is 259 g/mol. The summed E-state index contributed by atoms with van der Waals surface area (Å²) >= 11 is 0. The Morgan fingerprint density at radius 3 is 2.25 bits per heavy atom. The molecule has 4 heteroatoms. The second kappa shape index (κ2) is 3.76. The molecule has 0 N–H and O–H groups in total. The lowest BCUT2D eigenvalue weighted by atomic mass is 9.91. The fraction of sp³-hybridized carbons (Fsp3) is 1.00. The molecule has 0 aromatic heterocycles. The Morgan fingerprint density at radius 1 is 1.10 bits per heavy atom. The summed E-state index contributed by atoms with van der Waals surface area (Å²) in [6.45, 7) is 11.0. The van der Waals surface area contributed by atoms with Crippen LogP contribution in [0.3, 0.4) is 0 Å². The highest BCUT2D eigenvalue weighted by atomic mass is 19.1. The van der Waals surface area contributed by atoms with E-state index in [9.17, 15) is 0 Å². The molecule has 3 rings (SSSR count). The van der Waals surface area contributed by atoms with E-state index in [1.54, 1.807) is 0 Å². The highest BCUT2D eigenvalue weighted by molar-refractivity contribution is 5.36. The monoisotopic (exact) mass is 288 g/mol. The van der Waals surface area contributed by atoms with Crippen LogP contribution in [-0.2, 0) is 14.2 Å². The van der Waals surface area contributed by atoms with E-state index in [0.717, 1.165) is 0 Å². The zero-order valence-corrected chi connectivity index (χ0v) is 13.4. The minimum atomic E-state index is -1.38. The summed E-state index contributed by atoms with van der Waals surface area (Å²) < 4.78 is 41.3. The van der Waals surface area contributed by atoms with Crippen LogP contribution < -0.4 is 0 Å². The van der Waals surface area contributed by atoms with Gasteiger partial charge in [-0.25, -0.2) is 4.39 Å². The smallest absolute Gasteiger partial charge is 0.148 e. The van der Waals surface area contributed by atoms with Crippen molar-refractivity contribution in [2.75, 3.05) is 6.58 Å². The molecule has 1 aliphatic heterocycles. The van der Waals surface area contributed by atoms with E-state index in [1.807, 2.05) is 41.5 Å². The van der Waals surface area contributed by atoms with Crippen molar-refractivity contribution in [1.29, 1.82) is 0 Å². The average molecular weight is 288 g/mol. The average Bonchev–Trinajstić information content (AvgIpc) is 2.49. The number of fused-ring (bicyclic) bond motifs is 3. The van der Waals surface area contributed by atoms with Crippen LogP contribution in [0.1, 0.15) is 62.2 Å². The molecule has 0 radical (unpaired) electrons. The van der Waals surface area contributed by atoms with E-state index in [0.29, 0.717) is 12.8 Å². The maximum absolute atomic E-state index is 15.2. The van der Waals surface area contributed by atoms with Crippen molar-refractivity contribution < 1.29 is 20.0 Å². The number of alkyl halides is 1. The minimum absolute atomic E-state index is 0.271. The first kappa shape index (κ1) is 13.5. The van der Waals surface area contributed by atoms with Gasteiger partial charge < -0.3 is 14.2 Å². The van der Waals surface area contributed by atoms with E-state index < -0.39 is 40.8 Å². The van der Waals surface area contributed by atoms with E-state index >= 15 is 4.39 Å². The van der Waals surface area contributed by atoms with Gasteiger partial charge in [-0.05, 0) is 41.5 Å². The van der Waals surface area contributed by atoms with Gasteiger partial charge in [0.15, 0.2) is 0 Å². The molecule has 20 heavy (non-hydrogen) atoms. The SMILES string of the molecule is [3H][C@H]1C[C@@]2(OC(C)(C)C)C[C@]3(F)C[C@]3(OC(C)(C)C)[C@H]2O1. The molecule has 1 saturated heterocycles. The maximum atomic E-state index is 15.2. The van der Waals surface area contributed by atoms with Gasteiger partial charge in [0.25, 0.3) is 0 Å². The van der Waals surface area contributed by atoms with Gasteiger partial charge in [0, 0.05) is 19.3 Å². The van der Waals surface area contributed by atoms with Crippen LogP contribution in [0.2, 0.25) is 0 Å². The van der Waals surface area contributed by atoms with E-state index in [4.69, 9.17) is 15.6 Å². The number of rotatable bonds is 2. The number of hydrogen-bond donors (Lipinski definition) is 0. The molecule has 0 bridgehead atoms. The van der Waals surface area contributed by atoms with Crippen LogP contribution in [0.5, 0.6) is 0 Å². The maximum Gasteiger partial charge on any atom is 0.148 e. The Balaban J connectivity index is 1.93. The Morgan fingerprint density at radius 2 is 1.70 bits per heavy atom. The number of hydrogen-bond acceptors (Lipinski definition) is 3. The Hall–Kier alpha value is -0.190. The second-order valence-corrected chi connectivity index (χ2v) is 8.59. The van der Waals surface area contributed by atoms with Gasteiger partial charge in [0.2, 0.25) is 0 Å². The zero-order chi connectivity index (χ0) is 15.9. The second-order valence-electron chi connectivity index (χ2n) is 8.59. The van der Waals surface area contributed by atoms with E-state index in [1.165, 1.54) is 0 Å². The lowest BCUT2D eigenvalue weighted by Crippen LogP contribution is -2.50. The standard InChI is InChI=1S/C16H27FO3/c1-12(2,3)19-14-7-8-18-11(14)16(20-13(4,5)6)10-15(16,17)9-14/h11H,7-10H2,1-6H3/t11-,14+,15-,16-/m0/s1/i8T/t8-,11-,14+,15-,16-. The first-order valence-electron chi connectivity index (χ1n) is 8.06. The van der Waals surface area contributed by atoms with E-state index in [-0.39, 0.29) is 6.42 Å². The molecule has 2 aliphatic carbocycles. The van der Waals surface area contributed by atoms with Gasteiger partial charge in [0.05, 0.1) is 19.2 Å². The summed E-state index contributed by atoms with van der Waals surface area (Å²) in [4.78, 5) is 0. The molecule has 0 aromatic rings. The van der Waals surface area contributed by atoms with Crippen LogP contribution in [0.4, 0.5) is 4.39 Å². The molecule has 3 aliphatic rings. The third kappa shape index (κ3) is 2.03. The van der Waals surface area contributed by atoms with Crippen molar-refractivity contribution in [3.05, 3.63) is 0 Å². The van der Waals surface area contributed by atoms with Crippen molar-refractivity contribution >= 4 is 0 Å². The number of halogens is 1. The van der Waals surface area contributed by atoms with Gasteiger partial charge in [-0.3, -0.25) is 0 Å². The first-order valence-corrected chi connectivity index (χ1v) is 7.48. The van der Waals surface area contributed by atoms with Crippen molar-refractivity contribution in [3.63, 3.8) is 0 Å². The van der Waals surface area contributed by atoms with Crippen LogP contribution in [0.25, 0.3) is 0 Å². The quantitative estimate of drug-likeness (QED) is 0.779. The Kier molecular flexibility index (Phi) is 2.54. The predicted octanol–water partition coefficient (Wildman–Crippen LogP) is 3.40. The third-order valence-electron chi connectivity index (χ3n) is 4.32. The minimum Gasteiger partial charge on any atom is -0.372 e. The van der Waals surface area contributed by atoms with Crippen molar-refractivity contribution in [2.24, 2.45) is 0 Å². The molecule has 3 fully saturated rings. The van der Waals surface area contributed by atoms with Crippen molar-refractivity contribution in [3.8, 4) is 0 Å². The lowest BCUT2D eigenvalue weighted by Gasteiger charge is -2.39. The molecule has 0 spiro atoms. The van der Waals surface area contributed by atoms with Crippen LogP contribution >= 0.6 is 0 Å². The topological polar surface area (TPSA) is 27.7 Å². The Labute approximate surface area is 122 Å².